The highest BCUT2D eigenvalue weighted by Crippen LogP contribution is 2.43. The lowest BCUT2D eigenvalue weighted by Gasteiger charge is -2.10. The molecule has 1 fully saturated rings. The maximum absolute atomic E-state index is 12.3. The van der Waals surface area contributed by atoms with Gasteiger partial charge in [0.1, 0.15) is 0 Å². The number of amidine groups is 1. The zero-order chi connectivity index (χ0) is 18.8. The minimum atomic E-state index is -0.226. The Morgan fingerprint density at radius 3 is 2.58 bits per heavy atom. The number of halogens is 2. The van der Waals surface area contributed by atoms with Crippen LogP contribution in [0.15, 0.2) is 49.2 Å². The van der Waals surface area contributed by atoms with Gasteiger partial charge in [-0.2, -0.15) is 0 Å². The van der Waals surface area contributed by atoms with Crippen molar-refractivity contribution in [1.29, 1.82) is 0 Å². The lowest BCUT2D eigenvalue weighted by molar-refractivity contribution is -0.115. The second-order valence-electron chi connectivity index (χ2n) is 5.46. The molecule has 5 nitrogen and oxygen atoms in total. The van der Waals surface area contributed by atoms with Crippen molar-refractivity contribution < 1.29 is 14.6 Å². The third-order valence-corrected chi connectivity index (χ3v) is 6.66. The molecule has 1 heterocycles. The molecule has 2 aromatic rings. The normalized spacial score (nSPS) is 17.0. The lowest BCUT2D eigenvalue weighted by Crippen LogP contribution is -2.19. The number of rotatable bonds is 3. The Hall–Kier alpha value is -1.77. The second-order valence-corrected chi connectivity index (χ2v) is 8.08. The topological polar surface area (TPSA) is 70.9 Å². The molecule has 0 aromatic heterocycles. The van der Waals surface area contributed by atoms with Crippen LogP contribution in [-0.2, 0) is 4.79 Å². The van der Waals surface area contributed by atoms with Crippen LogP contribution < -0.4 is 10.1 Å². The van der Waals surface area contributed by atoms with Gasteiger partial charge < -0.3 is 15.2 Å². The number of aliphatic imine (C=N–C) groups is 1. The van der Waals surface area contributed by atoms with E-state index in [0.29, 0.717) is 30.3 Å². The third kappa shape index (κ3) is 3.97. The molecule has 0 bridgehead atoms. The van der Waals surface area contributed by atoms with Crippen LogP contribution in [0.5, 0.6) is 11.5 Å². The molecule has 2 N–H and O–H groups in total. The minimum absolute atomic E-state index is 0.00771. The van der Waals surface area contributed by atoms with Crippen LogP contribution in [0.2, 0.25) is 0 Å². The van der Waals surface area contributed by atoms with Crippen LogP contribution in [0.4, 0.5) is 5.69 Å². The number of benzene rings is 2. The average Bonchev–Trinajstić information content (AvgIpc) is 2.96. The van der Waals surface area contributed by atoms with E-state index in [1.54, 1.807) is 12.1 Å². The third-order valence-electron chi connectivity index (χ3n) is 3.60. The summed E-state index contributed by atoms with van der Waals surface area (Å²) in [6.07, 6.45) is 1.72. The summed E-state index contributed by atoms with van der Waals surface area (Å²) in [6, 6.07) is 9.38. The van der Waals surface area contributed by atoms with Gasteiger partial charge in [0.15, 0.2) is 16.7 Å². The molecule has 0 saturated carbocycles. The van der Waals surface area contributed by atoms with Gasteiger partial charge in [-0.05, 0) is 80.4 Å². The van der Waals surface area contributed by atoms with E-state index in [4.69, 9.17) is 4.74 Å². The van der Waals surface area contributed by atoms with E-state index in [1.165, 1.54) is 18.9 Å². The number of nitrogens with zero attached hydrogens (tertiary/aromatic N) is 1. The summed E-state index contributed by atoms with van der Waals surface area (Å²) in [5.74, 6) is 0.0754. The average molecular weight is 498 g/mol. The van der Waals surface area contributed by atoms with Crippen LogP contribution in [0.3, 0.4) is 0 Å². The molecule has 0 aliphatic carbocycles. The Kier molecular flexibility index (Phi) is 5.74. The predicted molar refractivity (Wildman–Crippen MR) is 112 cm³/mol. The maximum atomic E-state index is 12.3. The molecule has 0 radical (unpaired) electrons. The zero-order valence-electron chi connectivity index (χ0n) is 13.8. The van der Waals surface area contributed by atoms with Gasteiger partial charge in [-0.3, -0.25) is 4.79 Å². The summed E-state index contributed by atoms with van der Waals surface area (Å²) in [5.41, 5.74) is 2.62. The lowest BCUT2D eigenvalue weighted by atomic mass is 10.2. The SMILES string of the molecule is COc1cc(/C=C2/SC(=Nc3ccc(C)cc3)NC2=O)c(Br)c(Br)c1O. The van der Waals surface area contributed by atoms with Crippen LogP contribution in [-0.4, -0.2) is 23.3 Å². The van der Waals surface area contributed by atoms with Crippen molar-refractivity contribution in [3.8, 4) is 11.5 Å². The minimum Gasteiger partial charge on any atom is -0.503 e. The van der Waals surface area contributed by atoms with E-state index in [2.05, 4.69) is 42.2 Å². The number of carbonyl (C=O) groups is 1. The molecular weight excluding hydrogens is 484 g/mol. The van der Waals surface area contributed by atoms with Crippen molar-refractivity contribution in [2.75, 3.05) is 7.11 Å². The summed E-state index contributed by atoms with van der Waals surface area (Å²) < 4.78 is 6.25. The van der Waals surface area contributed by atoms with Crippen molar-refractivity contribution >= 4 is 66.5 Å². The number of nitrogens with one attached hydrogen (secondary N) is 1. The molecule has 26 heavy (non-hydrogen) atoms. The summed E-state index contributed by atoms with van der Waals surface area (Å²) in [6.45, 7) is 2.01. The molecule has 2 aromatic carbocycles. The Balaban J connectivity index is 1.92. The van der Waals surface area contributed by atoms with Crippen molar-refractivity contribution in [3.05, 3.63) is 55.3 Å². The number of methoxy groups -OCH3 is 1. The van der Waals surface area contributed by atoms with Gasteiger partial charge in [-0.15, -0.1) is 0 Å². The highest BCUT2D eigenvalue weighted by atomic mass is 79.9. The number of carbonyl (C=O) groups excluding carboxylic acids is 1. The molecule has 0 atom stereocenters. The van der Waals surface area contributed by atoms with Gasteiger partial charge in [0.2, 0.25) is 0 Å². The number of aromatic hydroxyl groups is 1. The van der Waals surface area contributed by atoms with Gasteiger partial charge in [0.25, 0.3) is 5.91 Å². The molecule has 0 spiro atoms. The van der Waals surface area contributed by atoms with Gasteiger partial charge >= 0.3 is 0 Å². The number of phenols is 1. The first-order valence-corrected chi connectivity index (χ1v) is 9.90. The number of ether oxygens (including phenoxy) is 1. The van der Waals surface area contributed by atoms with E-state index < -0.39 is 0 Å². The molecule has 1 aliphatic heterocycles. The van der Waals surface area contributed by atoms with E-state index in [1.807, 2.05) is 31.2 Å². The fraction of sp³-hybridized carbons (Fsp3) is 0.111. The largest absolute Gasteiger partial charge is 0.503 e. The van der Waals surface area contributed by atoms with Gasteiger partial charge in [0, 0.05) is 4.47 Å². The molecule has 1 amide bonds. The Morgan fingerprint density at radius 2 is 1.92 bits per heavy atom. The highest BCUT2D eigenvalue weighted by molar-refractivity contribution is 9.13. The van der Waals surface area contributed by atoms with Crippen LogP contribution in [0.1, 0.15) is 11.1 Å². The van der Waals surface area contributed by atoms with Gasteiger partial charge in [-0.1, -0.05) is 17.7 Å². The summed E-state index contributed by atoms with van der Waals surface area (Å²) in [7, 11) is 1.47. The van der Waals surface area contributed by atoms with Crippen molar-refractivity contribution in [2.24, 2.45) is 4.99 Å². The maximum Gasteiger partial charge on any atom is 0.264 e. The molecular formula is C18H14Br2N2O3S. The monoisotopic (exact) mass is 496 g/mol. The molecule has 134 valence electrons. The standard InChI is InChI=1S/C18H14Br2N2O3S/c1-9-3-5-11(6-4-9)21-18-22-17(24)13(26-18)8-10-7-12(25-2)16(23)15(20)14(10)19/h3-8,23H,1-2H3,(H,21,22,24)/b13-8+. The number of hydrogen-bond acceptors (Lipinski definition) is 5. The molecule has 1 aliphatic rings. The van der Waals surface area contributed by atoms with Gasteiger partial charge in [-0.25, -0.2) is 4.99 Å². The predicted octanol–water partition coefficient (Wildman–Crippen LogP) is 5.13. The quantitative estimate of drug-likeness (QED) is 0.577. The molecule has 8 heteroatoms. The highest BCUT2D eigenvalue weighted by Gasteiger charge is 2.25. The summed E-state index contributed by atoms with van der Waals surface area (Å²) in [5, 5.41) is 13.3. The molecule has 1 saturated heterocycles. The number of aryl methyl sites for hydroxylation is 1. The fourth-order valence-corrected chi connectivity index (χ4v) is 3.90. The first-order chi connectivity index (χ1) is 12.4. The fourth-order valence-electron chi connectivity index (χ4n) is 2.23. The van der Waals surface area contributed by atoms with E-state index >= 15 is 0 Å². The van der Waals surface area contributed by atoms with E-state index in [9.17, 15) is 9.90 Å². The van der Waals surface area contributed by atoms with Crippen molar-refractivity contribution in [3.63, 3.8) is 0 Å². The second kappa shape index (κ2) is 7.85. The number of amides is 1. The zero-order valence-corrected chi connectivity index (χ0v) is 17.8. The van der Waals surface area contributed by atoms with Crippen LogP contribution in [0, 0.1) is 6.92 Å². The molecule has 0 unspecified atom stereocenters. The number of thioether (sulfide) groups is 1. The Labute approximate surface area is 171 Å². The Morgan fingerprint density at radius 1 is 1.23 bits per heavy atom. The van der Waals surface area contributed by atoms with Crippen molar-refractivity contribution in [1.82, 2.24) is 5.32 Å². The van der Waals surface area contributed by atoms with Crippen LogP contribution in [0.25, 0.3) is 6.08 Å². The molecule has 3 rings (SSSR count). The number of hydrogen-bond donors (Lipinski definition) is 2. The van der Waals surface area contributed by atoms with Gasteiger partial charge in [0.05, 0.1) is 22.2 Å². The van der Waals surface area contributed by atoms with E-state index in [-0.39, 0.29) is 11.7 Å². The van der Waals surface area contributed by atoms with Crippen LogP contribution >= 0.6 is 43.6 Å². The summed E-state index contributed by atoms with van der Waals surface area (Å²) >= 11 is 7.99. The number of phenolic OH excluding ortho intramolecular Hbond substituents is 1. The first-order valence-electron chi connectivity index (χ1n) is 7.50. The first kappa shape index (κ1) is 19.0. The summed E-state index contributed by atoms with van der Waals surface area (Å²) in [4.78, 5) is 17.2. The van der Waals surface area contributed by atoms with E-state index in [0.717, 1.165) is 11.3 Å². The smallest absolute Gasteiger partial charge is 0.264 e. The Bertz CT molecular complexity index is 940. The van der Waals surface area contributed by atoms with Crippen molar-refractivity contribution in [2.45, 2.75) is 6.92 Å².